The van der Waals surface area contributed by atoms with Crippen LogP contribution in [0, 0.1) is 0 Å². The first-order valence-electron chi connectivity index (χ1n) is 9.16. The van der Waals surface area contributed by atoms with Crippen LogP contribution < -0.4 is 9.64 Å². The maximum absolute atomic E-state index is 12.2. The van der Waals surface area contributed by atoms with Crippen molar-refractivity contribution in [3.63, 3.8) is 0 Å². The number of hydrogen-bond donors (Lipinski definition) is 0. The van der Waals surface area contributed by atoms with Crippen LogP contribution in [0.15, 0.2) is 46.9 Å². The van der Waals surface area contributed by atoms with Gasteiger partial charge >= 0.3 is 0 Å². The Morgan fingerprint density at radius 2 is 1.70 bits per heavy atom. The van der Waals surface area contributed by atoms with Gasteiger partial charge in [0.2, 0.25) is 0 Å². The molecule has 1 heterocycles. The van der Waals surface area contributed by atoms with E-state index in [0.29, 0.717) is 24.4 Å². The zero-order valence-electron chi connectivity index (χ0n) is 15.9. The van der Waals surface area contributed by atoms with Gasteiger partial charge in [0, 0.05) is 11.0 Å². The van der Waals surface area contributed by atoms with Crippen LogP contribution in [0.1, 0.15) is 49.5 Å². The number of carbonyl (C=O) groups is 2. The normalized spacial score (nSPS) is 13.9. The zero-order chi connectivity index (χ0) is 19.6. The van der Waals surface area contributed by atoms with Crippen molar-refractivity contribution in [2.24, 2.45) is 0 Å². The number of rotatable bonds is 6. The smallest absolute Gasteiger partial charge is 0.299 e. The average Bonchev–Trinajstić information content (AvgIpc) is 2.85. The number of carbonyl (C=O) groups excluding carboxylic acids is 2. The number of anilines is 1. The van der Waals surface area contributed by atoms with E-state index < -0.39 is 11.7 Å². The van der Waals surface area contributed by atoms with Gasteiger partial charge in [-0.3, -0.25) is 9.59 Å². The molecule has 2 aromatic rings. The number of nitrogens with zero attached hydrogens (tertiary/aromatic N) is 1. The second-order valence-corrected chi connectivity index (χ2v) is 8.69. The van der Waals surface area contributed by atoms with Crippen molar-refractivity contribution in [2.75, 3.05) is 18.1 Å². The summed E-state index contributed by atoms with van der Waals surface area (Å²) in [4.78, 5) is 25.9. The van der Waals surface area contributed by atoms with Crippen molar-refractivity contribution in [3.8, 4) is 5.75 Å². The zero-order valence-corrected chi connectivity index (χ0v) is 17.5. The lowest BCUT2D eigenvalue weighted by Crippen LogP contribution is -2.30. The van der Waals surface area contributed by atoms with Crippen LogP contribution in [-0.2, 0) is 10.2 Å². The Morgan fingerprint density at radius 1 is 1.00 bits per heavy atom. The lowest BCUT2D eigenvalue weighted by molar-refractivity contribution is -0.114. The van der Waals surface area contributed by atoms with Crippen molar-refractivity contribution in [1.29, 1.82) is 0 Å². The van der Waals surface area contributed by atoms with Gasteiger partial charge in [0.15, 0.2) is 0 Å². The molecule has 3 rings (SSSR count). The summed E-state index contributed by atoms with van der Waals surface area (Å²) >= 11 is 3.34. The molecular formula is C22H24BrNO3. The summed E-state index contributed by atoms with van der Waals surface area (Å²) in [6, 6.07) is 13.6. The third-order valence-electron chi connectivity index (χ3n) is 4.70. The number of halogens is 1. The van der Waals surface area contributed by atoms with E-state index in [1.54, 1.807) is 11.0 Å². The van der Waals surface area contributed by atoms with E-state index in [4.69, 9.17) is 4.74 Å². The van der Waals surface area contributed by atoms with Crippen LogP contribution in [0.3, 0.4) is 0 Å². The fourth-order valence-electron chi connectivity index (χ4n) is 3.11. The van der Waals surface area contributed by atoms with Crippen LogP contribution in [-0.4, -0.2) is 24.8 Å². The van der Waals surface area contributed by atoms with Crippen molar-refractivity contribution < 1.29 is 14.3 Å². The van der Waals surface area contributed by atoms with Crippen LogP contribution in [0.25, 0.3) is 0 Å². The molecule has 0 aliphatic carbocycles. The molecule has 0 saturated heterocycles. The van der Waals surface area contributed by atoms with E-state index in [1.807, 2.05) is 24.3 Å². The first kappa shape index (κ1) is 19.6. The lowest BCUT2D eigenvalue weighted by atomic mass is 9.87. The summed E-state index contributed by atoms with van der Waals surface area (Å²) < 4.78 is 6.60. The van der Waals surface area contributed by atoms with Crippen LogP contribution >= 0.6 is 15.9 Å². The molecule has 1 aliphatic heterocycles. The van der Waals surface area contributed by atoms with E-state index in [1.165, 1.54) is 5.56 Å². The van der Waals surface area contributed by atoms with E-state index >= 15 is 0 Å². The van der Waals surface area contributed by atoms with Crippen LogP contribution in [0.5, 0.6) is 5.75 Å². The van der Waals surface area contributed by atoms with Crippen LogP contribution in [0.2, 0.25) is 0 Å². The molecule has 4 nitrogen and oxygen atoms in total. The highest BCUT2D eigenvalue weighted by molar-refractivity contribution is 9.10. The fraction of sp³-hybridized carbons (Fsp3) is 0.364. The van der Waals surface area contributed by atoms with Gasteiger partial charge in [0.25, 0.3) is 11.7 Å². The highest BCUT2D eigenvalue weighted by Gasteiger charge is 2.35. The molecule has 2 aromatic carbocycles. The number of fused-ring (bicyclic) bond motifs is 1. The fourth-order valence-corrected chi connectivity index (χ4v) is 3.47. The van der Waals surface area contributed by atoms with Crippen molar-refractivity contribution >= 4 is 33.3 Å². The number of Topliss-reactive ketones (excluding diaryl/α,β-unsaturated/α-hetero) is 1. The number of hydrogen-bond acceptors (Lipinski definition) is 3. The lowest BCUT2D eigenvalue weighted by Gasteiger charge is -2.19. The topological polar surface area (TPSA) is 46.6 Å². The molecule has 0 fully saturated rings. The van der Waals surface area contributed by atoms with Gasteiger partial charge in [-0.05, 0) is 54.2 Å². The number of unbranched alkanes of at least 4 members (excludes halogenated alkanes) is 1. The molecule has 142 valence electrons. The maximum atomic E-state index is 12.2. The second-order valence-electron chi connectivity index (χ2n) is 7.78. The Morgan fingerprint density at radius 3 is 2.37 bits per heavy atom. The summed E-state index contributed by atoms with van der Waals surface area (Å²) in [5.41, 5.74) is 2.58. The molecule has 0 radical (unpaired) electrons. The molecule has 0 spiro atoms. The monoisotopic (exact) mass is 429 g/mol. The first-order valence-corrected chi connectivity index (χ1v) is 9.96. The van der Waals surface area contributed by atoms with Crippen molar-refractivity contribution in [1.82, 2.24) is 0 Å². The maximum Gasteiger partial charge on any atom is 0.299 e. The molecule has 0 atom stereocenters. The summed E-state index contributed by atoms with van der Waals surface area (Å²) in [5.74, 6) is -0.0195. The highest BCUT2D eigenvalue weighted by Crippen LogP contribution is 2.31. The summed E-state index contributed by atoms with van der Waals surface area (Å²) in [7, 11) is 0. The van der Waals surface area contributed by atoms with Gasteiger partial charge in [-0.2, -0.15) is 0 Å². The quantitative estimate of drug-likeness (QED) is 0.471. The SMILES string of the molecule is CC(C)(C)c1ccc(OCCCCN2C(=O)C(=O)c3cc(Br)ccc32)cc1. The molecule has 0 saturated carbocycles. The van der Waals surface area contributed by atoms with Gasteiger partial charge in [-0.1, -0.05) is 48.8 Å². The first-order chi connectivity index (χ1) is 12.8. The molecule has 1 amide bonds. The summed E-state index contributed by atoms with van der Waals surface area (Å²) in [6.45, 7) is 7.65. The molecule has 1 aliphatic rings. The Labute approximate surface area is 168 Å². The largest absolute Gasteiger partial charge is 0.494 e. The third kappa shape index (κ3) is 4.41. The minimum atomic E-state index is -0.443. The molecular weight excluding hydrogens is 406 g/mol. The standard InChI is InChI=1S/C22H24BrNO3/c1-22(2,3)15-6-9-17(10-7-15)27-13-5-4-12-24-19-11-8-16(23)14-18(19)20(25)21(24)26/h6-11,14H,4-5,12-13H2,1-3H3. The second kappa shape index (κ2) is 7.85. The van der Waals surface area contributed by atoms with Gasteiger partial charge in [0.1, 0.15) is 5.75 Å². The Balaban J connectivity index is 1.48. The van der Waals surface area contributed by atoms with Gasteiger partial charge in [0.05, 0.1) is 17.9 Å². The highest BCUT2D eigenvalue weighted by atomic mass is 79.9. The van der Waals surface area contributed by atoms with E-state index in [0.717, 1.165) is 23.1 Å². The van der Waals surface area contributed by atoms with E-state index in [-0.39, 0.29) is 5.41 Å². The number of ether oxygens (including phenoxy) is 1. The van der Waals surface area contributed by atoms with Crippen LogP contribution in [0.4, 0.5) is 5.69 Å². The molecule has 0 N–H and O–H groups in total. The van der Waals surface area contributed by atoms with E-state index in [2.05, 4.69) is 48.8 Å². The number of benzene rings is 2. The Kier molecular flexibility index (Phi) is 5.70. The van der Waals surface area contributed by atoms with Crippen molar-refractivity contribution in [2.45, 2.75) is 39.0 Å². The summed E-state index contributed by atoms with van der Waals surface area (Å²) in [6.07, 6.45) is 1.58. The predicted octanol–water partition coefficient (Wildman–Crippen LogP) is 5.14. The Hall–Kier alpha value is -2.14. The van der Waals surface area contributed by atoms with Gasteiger partial charge in [-0.25, -0.2) is 0 Å². The van der Waals surface area contributed by atoms with E-state index in [9.17, 15) is 9.59 Å². The minimum absolute atomic E-state index is 0.129. The number of ketones is 1. The predicted molar refractivity (Wildman–Crippen MR) is 111 cm³/mol. The molecule has 5 heteroatoms. The van der Waals surface area contributed by atoms with Crippen molar-refractivity contribution in [3.05, 3.63) is 58.1 Å². The number of amides is 1. The third-order valence-corrected chi connectivity index (χ3v) is 5.19. The summed E-state index contributed by atoms with van der Waals surface area (Å²) in [5, 5.41) is 0. The molecule has 0 aromatic heterocycles. The Bertz CT molecular complexity index is 853. The molecule has 27 heavy (non-hydrogen) atoms. The average molecular weight is 430 g/mol. The molecule has 0 unspecified atom stereocenters. The van der Waals surface area contributed by atoms with Gasteiger partial charge < -0.3 is 9.64 Å². The minimum Gasteiger partial charge on any atom is -0.494 e. The molecule has 0 bridgehead atoms. The van der Waals surface area contributed by atoms with Gasteiger partial charge in [-0.15, -0.1) is 0 Å².